The van der Waals surface area contributed by atoms with Gasteiger partial charge in [0.25, 0.3) is 0 Å². The van der Waals surface area contributed by atoms with Crippen LogP contribution in [0.2, 0.25) is 0 Å². The summed E-state index contributed by atoms with van der Waals surface area (Å²) in [5.74, 6) is 0.938. The SMILES string of the molecule is CCCCCCC(CCC)C(P)(CCCCCC)CCCCCC. The Hall–Kier alpha value is 0.430. The second-order valence-corrected chi connectivity index (χ2v) is 9.34. The first-order valence-corrected chi connectivity index (χ1v) is 12.0. The highest BCUT2D eigenvalue weighted by Gasteiger charge is 2.32. The van der Waals surface area contributed by atoms with Crippen LogP contribution in [0.4, 0.5) is 0 Å². The molecule has 2 atom stereocenters. The summed E-state index contributed by atoms with van der Waals surface area (Å²) in [6, 6.07) is 0. The molecule has 2 unspecified atom stereocenters. The van der Waals surface area contributed by atoms with Crippen LogP contribution in [0, 0.1) is 5.92 Å². The Balaban J connectivity index is 4.63. The number of hydrogen-bond acceptors (Lipinski definition) is 0. The highest BCUT2D eigenvalue weighted by molar-refractivity contribution is 7.19. The molecule has 0 radical (unpaired) electrons. The smallest absolute Gasteiger partial charge is 0.0122 e. The van der Waals surface area contributed by atoms with Gasteiger partial charge in [-0.2, -0.15) is 0 Å². The van der Waals surface area contributed by atoms with Crippen LogP contribution in [0.5, 0.6) is 0 Å². The first-order valence-electron chi connectivity index (χ1n) is 11.4. The Labute approximate surface area is 157 Å². The van der Waals surface area contributed by atoms with Gasteiger partial charge in [0.1, 0.15) is 0 Å². The summed E-state index contributed by atoms with van der Waals surface area (Å²) in [5, 5.41) is 0.531. The molecule has 0 aromatic heterocycles. The zero-order chi connectivity index (χ0) is 18.1. The van der Waals surface area contributed by atoms with Crippen molar-refractivity contribution in [1.29, 1.82) is 0 Å². The fraction of sp³-hybridized carbons (Fsp3) is 1.00. The Morgan fingerprint density at radius 1 is 0.542 bits per heavy atom. The molecule has 0 bridgehead atoms. The van der Waals surface area contributed by atoms with Gasteiger partial charge < -0.3 is 0 Å². The minimum absolute atomic E-state index is 0.531. The van der Waals surface area contributed by atoms with E-state index in [0.717, 1.165) is 5.92 Å². The molecule has 0 saturated carbocycles. The highest BCUT2D eigenvalue weighted by atomic mass is 31.0. The van der Waals surface area contributed by atoms with Gasteiger partial charge >= 0.3 is 0 Å². The maximum absolute atomic E-state index is 3.40. The van der Waals surface area contributed by atoms with E-state index in [1.165, 1.54) is 109 Å². The van der Waals surface area contributed by atoms with Crippen molar-refractivity contribution in [2.45, 2.75) is 142 Å². The van der Waals surface area contributed by atoms with Crippen molar-refractivity contribution < 1.29 is 0 Å². The van der Waals surface area contributed by atoms with Crippen molar-refractivity contribution in [3.05, 3.63) is 0 Å². The predicted molar refractivity (Wildman–Crippen MR) is 117 cm³/mol. The lowest BCUT2D eigenvalue weighted by Gasteiger charge is -2.39. The van der Waals surface area contributed by atoms with E-state index in [1.54, 1.807) is 0 Å². The van der Waals surface area contributed by atoms with Gasteiger partial charge in [-0.15, -0.1) is 9.24 Å². The number of rotatable bonds is 18. The van der Waals surface area contributed by atoms with Gasteiger partial charge in [-0.3, -0.25) is 0 Å². The molecule has 0 rings (SSSR count). The molecule has 0 N–H and O–H groups in total. The summed E-state index contributed by atoms with van der Waals surface area (Å²) in [6.45, 7) is 9.36. The summed E-state index contributed by atoms with van der Waals surface area (Å²) >= 11 is 0. The van der Waals surface area contributed by atoms with Crippen molar-refractivity contribution >= 4 is 9.24 Å². The van der Waals surface area contributed by atoms with E-state index in [0.29, 0.717) is 5.16 Å². The van der Waals surface area contributed by atoms with Gasteiger partial charge in [0.15, 0.2) is 0 Å². The third-order valence-electron chi connectivity index (χ3n) is 5.85. The van der Waals surface area contributed by atoms with Crippen LogP contribution in [-0.4, -0.2) is 5.16 Å². The zero-order valence-electron chi connectivity index (χ0n) is 17.7. The molecule has 1 heteroatoms. The van der Waals surface area contributed by atoms with Gasteiger partial charge in [-0.05, 0) is 36.8 Å². The molecule has 0 fully saturated rings. The Morgan fingerprint density at radius 2 is 1.00 bits per heavy atom. The zero-order valence-corrected chi connectivity index (χ0v) is 18.8. The Kier molecular flexibility index (Phi) is 17.2. The van der Waals surface area contributed by atoms with E-state index in [-0.39, 0.29) is 0 Å². The van der Waals surface area contributed by atoms with Crippen LogP contribution in [0.15, 0.2) is 0 Å². The molecular formula is C23H49P. The molecule has 0 saturated heterocycles. The van der Waals surface area contributed by atoms with Crippen molar-refractivity contribution in [2.75, 3.05) is 0 Å². The fourth-order valence-corrected chi connectivity index (χ4v) is 4.92. The Bertz CT molecular complexity index is 236. The molecule has 0 heterocycles. The quantitative estimate of drug-likeness (QED) is 0.170. The minimum Gasteiger partial charge on any atom is -0.131 e. The molecule has 146 valence electrons. The highest BCUT2D eigenvalue weighted by Crippen LogP contribution is 2.43. The molecule has 24 heavy (non-hydrogen) atoms. The second kappa shape index (κ2) is 16.9. The molecule has 0 nitrogen and oxygen atoms in total. The summed E-state index contributed by atoms with van der Waals surface area (Å²) in [4.78, 5) is 0. The average Bonchev–Trinajstić information content (AvgIpc) is 2.58. The van der Waals surface area contributed by atoms with Gasteiger partial charge in [0, 0.05) is 0 Å². The first kappa shape index (κ1) is 24.4. The van der Waals surface area contributed by atoms with Crippen molar-refractivity contribution in [2.24, 2.45) is 5.92 Å². The lowest BCUT2D eigenvalue weighted by atomic mass is 9.77. The molecule has 0 aliphatic heterocycles. The molecular weight excluding hydrogens is 307 g/mol. The van der Waals surface area contributed by atoms with Gasteiger partial charge in [0.2, 0.25) is 0 Å². The maximum Gasteiger partial charge on any atom is -0.0122 e. The third-order valence-corrected chi connectivity index (χ3v) is 6.90. The molecule has 0 aromatic carbocycles. The van der Waals surface area contributed by atoms with Crippen molar-refractivity contribution in [1.82, 2.24) is 0 Å². The first-order chi connectivity index (χ1) is 11.6. The summed E-state index contributed by atoms with van der Waals surface area (Å²) < 4.78 is 0. The van der Waals surface area contributed by atoms with Crippen LogP contribution < -0.4 is 0 Å². The third kappa shape index (κ3) is 11.9. The Morgan fingerprint density at radius 3 is 1.42 bits per heavy atom. The van der Waals surface area contributed by atoms with Gasteiger partial charge in [-0.25, -0.2) is 0 Å². The van der Waals surface area contributed by atoms with E-state index in [2.05, 4.69) is 36.9 Å². The fourth-order valence-electron chi connectivity index (χ4n) is 4.18. The normalized spacial score (nSPS) is 13.4. The predicted octanol–water partition coefficient (Wildman–Crippen LogP) is 8.93. The summed E-state index contributed by atoms with van der Waals surface area (Å²) in [5.41, 5.74) is 0. The molecule has 0 aliphatic rings. The second-order valence-electron chi connectivity index (χ2n) is 8.19. The molecule has 0 aromatic rings. The van der Waals surface area contributed by atoms with E-state index in [9.17, 15) is 0 Å². The van der Waals surface area contributed by atoms with E-state index in [4.69, 9.17) is 0 Å². The average molecular weight is 357 g/mol. The monoisotopic (exact) mass is 356 g/mol. The lowest BCUT2D eigenvalue weighted by Crippen LogP contribution is -2.32. The minimum atomic E-state index is 0.531. The largest absolute Gasteiger partial charge is 0.131 e. The van der Waals surface area contributed by atoms with Crippen LogP contribution in [0.1, 0.15) is 137 Å². The van der Waals surface area contributed by atoms with Crippen molar-refractivity contribution in [3.8, 4) is 0 Å². The summed E-state index contributed by atoms with van der Waals surface area (Å²) in [6.07, 6.45) is 24.2. The van der Waals surface area contributed by atoms with Crippen LogP contribution >= 0.6 is 9.24 Å². The van der Waals surface area contributed by atoms with E-state index < -0.39 is 0 Å². The standard InChI is InChI=1S/C23H49P/c1-5-9-12-15-19-22(18-8-4)23(24,20-16-13-10-6-2)21-17-14-11-7-3/h22H,5-21,24H2,1-4H3. The van der Waals surface area contributed by atoms with Crippen LogP contribution in [0.3, 0.4) is 0 Å². The van der Waals surface area contributed by atoms with Crippen LogP contribution in [0.25, 0.3) is 0 Å². The van der Waals surface area contributed by atoms with Crippen molar-refractivity contribution in [3.63, 3.8) is 0 Å². The maximum atomic E-state index is 3.40. The lowest BCUT2D eigenvalue weighted by molar-refractivity contribution is 0.275. The van der Waals surface area contributed by atoms with Gasteiger partial charge in [0.05, 0.1) is 0 Å². The number of unbranched alkanes of at least 4 members (excludes halogenated alkanes) is 9. The molecule has 0 amide bonds. The molecule has 0 spiro atoms. The van der Waals surface area contributed by atoms with Crippen LogP contribution in [-0.2, 0) is 0 Å². The molecule has 0 aliphatic carbocycles. The topological polar surface area (TPSA) is 0 Å². The summed E-state index contributed by atoms with van der Waals surface area (Å²) in [7, 11) is 3.40. The number of hydrogen-bond donors (Lipinski definition) is 0. The van der Waals surface area contributed by atoms with E-state index in [1.807, 2.05) is 0 Å². The van der Waals surface area contributed by atoms with Gasteiger partial charge in [-0.1, -0.05) is 111 Å². The van der Waals surface area contributed by atoms with E-state index >= 15 is 0 Å².